The lowest BCUT2D eigenvalue weighted by atomic mass is 10.1. The Labute approximate surface area is 97.4 Å². The van der Waals surface area contributed by atoms with Crippen LogP contribution in [0.5, 0.6) is 0 Å². The van der Waals surface area contributed by atoms with Gasteiger partial charge in [-0.3, -0.25) is 0 Å². The van der Waals surface area contributed by atoms with Crippen LogP contribution < -0.4 is 10.2 Å². The van der Waals surface area contributed by atoms with Crippen molar-refractivity contribution in [3.8, 4) is 0 Å². The summed E-state index contributed by atoms with van der Waals surface area (Å²) in [6.07, 6.45) is 0. The van der Waals surface area contributed by atoms with E-state index < -0.39 is 0 Å². The zero-order valence-corrected chi connectivity index (χ0v) is 10.0. The van der Waals surface area contributed by atoms with Crippen molar-refractivity contribution in [2.45, 2.75) is 13.1 Å². The molecule has 3 N–H and O–H groups in total. The van der Waals surface area contributed by atoms with Crippen molar-refractivity contribution in [2.75, 3.05) is 33.4 Å². The fourth-order valence-corrected chi connectivity index (χ4v) is 2.23. The van der Waals surface area contributed by atoms with Crippen molar-refractivity contribution >= 4 is 0 Å². The van der Waals surface area contributed by atoms with Crippen LogP contribution in [0.1, 0.15) is 11.1 Å². The Bertz CT molecular complexity index is 321. The molecule has 1 aliphatic heterocycles. The average molecular weight is 222 g/mol. The highest BCUT2D eigenvalue weighted by Crippen LogP contribution is 2.02. The lowest BCUT2D eigenvalue weighted by Gasteiger charge is -2.23. The number of hydrogen-bond acceptors (Lipinski definition) is 1. The lowest BCUT2D eigenvalue weighted by Crippen LogP contribution is -3.12. The van der Waals surface area contributed by atoms with Crippen LogP contribution in [0.15, 0.2) is 24.3 Å². The predicted molar refractivity (Wildman–Crippen MR) is 63.2 cm³/mol. The van der Waals surface area contributed by atoms with E-state index in [1.807, 2.05) is 0 Å². The zero-order chi connectivity index (χ0) is 11.2. The van der Waals surface area contributed by atoms with E-state index in [1.165, 1.54) is 11.1 Å². The maximum absolute atomic E-state index is 5.37. The van der Waals surface area contributed by atoms with E-state index >= 15 is 0 Å². The van der Waals surface area contributed by atoms with E-state index in [0.29, 0.717) is 0 Å². The molecule has 3 nitrogen and oxygen atoms in total. The Morgan fingerprint density at radius 2 is 2.00 bits per heavy atom. The molecule has 2 rings (SSSR count). The van der Waals surface area contributed by atoms with Crippen LogP contribution in [0.4, 0.5) is 0 Å². The van der Waals surface area contributed by atoms with Crippen molar-refractivity contribution in [3.63, 3.8) is 0 Å². The molecule has 0 bridgehead atoms. The van der Waals surface area contributed by atoms with E-state index in [2.05, 4.69) is 36.6 Å². The topological polar surface area (TPSA) is 30.3 Å². The molecule has 1 aromatic carbocycles. The third-order valence-electron chi connectivity index (χ3n) is 3.09. The van der Waals surface area contributed by atoms with Crippen LogP contribution in [-0.2, 0) is 17.8 Å². The maximum atomic E-state index is 5.37. The van der Waals surface area contributed by atoms with Gasteiger partial charge in [-0.2, -0.15) is 0 Å². The van der Waals surface area contributed by atoms with Crippen LogP contribution >= 0.6 is 0 Å². The Balaban J connectivity index is 1.94. The molecule has 1 saturated heterocycles. The van der Waals surface area contributed by atoms with Crippen molar-refractivity contribution in [2.24, 2.45) is 0 Å². The second kappa shape index (κ2) is 5.99. The minimum absolute atomic E-state index is 0.914. The smallest absolute Gasteiger partial charge is 0.103 e. The Kier molecular flexibility index (Phi) is 4.34. The molecule has 0 radical (unpaired) electrons. The van der Waals surface area contributed by atoms with Crippen molar-refractivity contribution < 1.29 is 15.0 Å². The quantitative estimate of drug-likeness (QED) is 0.658. The molecule has 0 aliphatic carbocycles. The molecule has 1 aliphatic rings. The first kappa shape index (κ1) is 11.6. The Hall–Kier alpha value is -0.900. The first-order chi connectivity index (χ1) is 7.88. The molecule has 88 valence electrons. The molecular weight excluding hydrogens is 200 g/mol. The predicted octanol–water partition coefficient (Wildman–Crippen LogP) is -1.21. The third-order valence-corrected chi connectivity index (χ3v) is 3.09. The first-order valence-electron chi connectivity index (χ1n) is 6.15. The normalized spacial score (nSPS) is 17.6. The average Bonchev–Trinajstić information content (AvgIpc) is 2.31. The van der Waals surface area contributed by atoms with Gasteiger partial charge in [-0.05, 0) is 6.07 Å². The van der Waals surface area contributed by atoms with Gasteiger partial charge in [0.2, 0.25) is 0 Å². The van der Waals surface area contributed by atoms with Gasteiger partial charge in [0.05, 0.1) is 20.3 Å². The number of hydrogen-bond donors (Lipinski definition) is 2. The van der Waals surface area contributed by atoms with Gasteiger partial charge in [-0.15, -0.1) is 0 Å². The number of benzene rings is 1. The summed E-state index contributed by atoms with van der Waals surface area (Å²) in [7, 11) is 2.11. The Morgan fingerprint density at radius 1 is 1.25 bits per heavy atom. The third kappa shape index (κ3) is 3.30. The highest BCUT2D eigenvalue weighted by Gasteiger charge is 2.14. The molecule has 16 heavy (non-hydrogen) atoms. The highest BCUT2D eigenvalue weighted by atomic mass is 16.5. The SMILES string of the molecule is C[NH2+]Cc1cccc(C[NH+]2CCOCC2)c1. The maximum Gasteiger partial charge on any atom is 0.103 e. The standard InChI is InChI=1S/C13H20N2O/c1-14-10-12-3-2-4-13(9-12)11-15-5-7-16-8-6-15/h2-4,9,14H,5-8,10-11H2,1H3/p+2. The van der Waals surface area contributed by atoms with Gasteiger partial charge < -0.3 is 15.0 Å². The number of nitrogens with two attached hydrogens (primary N) is 1. The van der Waals surface area contributed by atoms with Gasteiger partial charge >= 0.3 is 0 Å². The Morgan fingerprint density at radius 3 is 2.75 bits per heavy atom. The van der Waals surface area contributed by atoms with Gasteiger partial charge in [0.1, 0.15) is 26.2 Å². The summed E-state index contributed by atoms with van der Waals surface area (Å²) in [5.74, 6) is 0. The fraction of sp³-hybridized carbons (Fsp3) is 0.538. The molecule has 1 aromatic rings. The molecule has 1 heterocycles. The highest BCUT2D eigenvalue weighted by molar-refractivity contribution is 5.21. The summed E-state index contributed by atoms with van der Waals surface area (Å²) in [4.78, 5) is 1.64. The van der Waals surface area contributed by atoms with Crippen LogP contribution in [0.25, 0.3) is 0 Å². The second-order valence-corrected chi connectivity index (χ2v) is 4.47. The summed E-state index contributed by atoms with van der Waals surface area (Å²) < 4.78 is 5.37. The number of morpholine rings is 1. The summed E-state index contributed by atoms with van der Waals surface area (Å²) in [6.45, 7) is 6.33. The van der Waals surface area contributed by atoms with Crippen LogP contribution in [0, 0.1) is 0 Å². The molecule has 0 unspecified atom stereocenters. The second-order valence-electron chi connectivity index (χ2n) is 4.47. The monoisotopic (exact) mass is 222 g/mol. The molecule has 3 heteroatoms. The fourth-order valence-electron chi connectivity index (χ4n) is 2.23. The van der Waals surface area contributed by atoms with Gasteiger partial charge in [0, 0.05) is 11.1 Å². The van der Waals surface area contributed by atoms with E-state index in [9.17, 15) is 0 Å². The van der Waals surface area contributed by atoms with Gasteiger partial charge in [0.15, 0.2) is 0 Å². The summed E-state index contributed by atoms with van der Waals surface area (Å²) in [5.41, 5.74) is 2.88. The summed E-state index contributed by atoms with van der Waals surface area (Å²) >= 11 is 0. The molecule has 0 saturated carbocycles. The van der Waals surface area contributed by atoms with Crippen molar-refractivity contribution in [1.29, 1.82) is 0 Å². The molecule has 0 amide bonds. The number of quaternary nitrogens is 2. The minimum atomic E-state index is 0.914. The largest absolute Gasteiger partial charge is 0.370 e. The zero-order valence-electron chi connectivity index (χ0n) is 10.0. The van der Waals surface area contributed by atoms with E-state index in [4.69, 9.17) is 4.74 Å². The van der Waals surface area contributed by atoms with Crippen LogP contribution in [-0.4, -0.2) is 33.4 Å². The van der Waals surface area contributed by atoms with E-state index in [0.717, 1.165) is 39.4 Å². The summed E-state index contributed by atoms with van der Waals surface area (Å²) in [6, 6.07) is 8.95. The van der Waals surface area contributed by atoms with Crippen LogP contribution in [0.2, 0.25) is 0 Å². The number of rotatable bonds is 4. The molecule has 0 spiro atoms. The molecular formula is C13H22N2O+2. The van der Waals surface area contributed by atoms with Crippen LogP contribution in [0.3, 0.4) is 0 Å². The van der Waals surface area contributed by atoms with E-state index in [-0.39, 0.29) is 0 Å². The molecule has 0 aromatic heterocycles. The summed E-state index contributed by atoms with van der Waals surface area (Å²) in [5, 5.41) is 2.21. The lowest BCUT2D eigenvalue weighted by molar-refractivity contribution is -0.921. The van der Waals surface area contributed by atoms with E-state index in [1.54, 1.807) is 4.90 Å². The van der Waals surface area contributed by atoms with Gasteiger partial charge in [0.25, 0.3) is 0 Å². The molecule has 1 fully saturated rings. The minimum Gasteiger partial charge on any atom is -0.370 e. The van der Waals surface area contributed by atoms with Gasteiger partial charge in [-0.1, -0.05) is 18.2 Å². The molecule has 0 atom stereocenters. The van der Waals surface area contributed by atoms with Gasteiger partial charge in [-0.25, -0.2) is 0 Å². The van der Waals surface area contributed by atoms with Crippen molar-refractivity contribution in [1.82, 2.24) is 0 Å². The number of nitrogens with one attached hydrogen (secondary N) is 1. The first-order valence-corrected chi connectivity index (χ1v) is 6.15. The van der Waals surface area contributed by atoms with Crippen molar-refractivity contribution in [3.05, 3.63) is 35.4 Å². The number of ether oxygens (including phenoxy) is 1.